The first-order valence-corrected chi connectivity index (χ1v) is 8.85. The van der Waals surface area contributed by atoms with Gasteiger partial charge in [-0.05, 0) is 49.2 Å². The fourth-order valence-electron chi connectivity index (χ4n) is 2.88. The Morgan fingerprint density at radius 1 is 1.17 bits per heavy atom. The number of benzene rings is 2. The minimum Gasteiger partial charge on any atom is -0.378 e. The monoisotopic (exact) mass is 388 g/mol. The van der Waals surface area contributed by atoms with Crippen molar-refractivity contribution in [2.75, 3.05) is 36.5 Å². The lowest BCUT2D eigenvalue weighted by atomic mass is 10.0. The predicted molar refractivity (Wildman–Crippen MR) is 101 cm³/mol. The number of hydrogen-bond donors (Lipinski definition) is 1. The molecule has 1 heterocycles. The van der Waals surface area contributed by atoms with E-state index in [2.05, 4.69) is 26.1 Å². The van der Waals surface area contributed by atoms with Crippen molar-refractivity contribution in [3.8, 4) is 0 Å². The molecule has 1 aliphatic rings. The zero-order valence-corrected chi connectivity index (χ0v) is 15.5. The van der Waals surface area contributed by atoms with Gasteiger partial charge in [0.2, 0.25) is 0 Å². The number of ether oxygens (including phenoxy) is 1. The van der Waals surface area contributed by atoms with Gasteiger partial charge in [-0.25, -0.2) is 0 Å². The summed E-state index contributed by atoms with van der Waals surface area (Å²) in [5.41, 5.74) is 4.68. The van der Waals surface area contributed by atoms with Crippen LogP contribution in [-0.4, -0.2) is 32.2 Å². The van der Waals surface area contributed by atoms with Gasteiger partial charge >= 0.3 is 0 Å². The third-order valence-electron chi connectivity index (χ3n) is 4.41. The van der Waals surface area contributed by atoms with Gasteiger partial charge in [0.15, 0.2) is 0 Å². The van der Waals surface area contributed by atoms with Gasteiger partial charge in [-0.1, -0.05) is 28.1 Å². The molecule has 0 bridgehead atoms. The van der Waals surface area contributed by atoms with E-state index < -0.39 is 0 Å². The van der Waals surface area contributed by atoms with Crippen molar-refractivity contribution >= 4 is 33.2 Å². The summed E-state index contributed by atoms with van der Waals surface area (Å²) in [6.07, 6.45) is 0. The van der Waals surface area contributed by atoms with Crippen LogP contribution < -0.4 is 10.2 Å². The molecular weight excluding hydrogens is 368 g/mol. The van der Waals surface area contributed by atoms with E-state index in [1.54, 1.807) is 0 Å². The highest BCUT2D eigenvalue weighted by molar-refractivity contribution is 9.10. The van der Waals surface area contributed by atoms with Gasteiger partial charge in [-0.3, -0.25) is 4.79 Å². The lowest BCUT2D eigenvalue weighted by Gasteiger charge is -2.30. The molecule has 24 heavy (non-hydrogen) atoms. The van der Waals surface area contributed by atoms with Gasteiger partial charge in [0, 0.05) is 23.1 Å². The van der Waals surface area contributed by atoms with Crippen LogP contribution in [0.15, 0.2) is 40.9 Å². The second-order valence-electron chi connectivity index (χ2n) is 5.96. The first kappa shape index (κ1) is 17.0. The molecule has 2 aromatic rings. The van der Waals surface area contributed by atoms with E-state index in [0.29, 0.717) is 18.8 Å². The molecule has 3 rings (SSSR count). The minimum atomic E-state index is -0.0798. The van der Waals surface area contributed by atoms with E-state index >= 15 is 0 Å². The number of morpholine rings is 1. The molecule has 0 radical (unpaired) electrons. The van der Waals surface area contributed by atoms with Crippen LogP contribution in [0.5, 0.6) is 0 Å². The highest BCUT2D eigenvalue weighted by Gasteiger charge is 2.18. The summed E-state index contributed by atoms with van der Waals surface area (Å²) in [6, 6.07) is 11.8. The van der Waals surface area contributed by atoms with Crippen molar-refractivity contribution in [1.82, 2.24) is 0 Å². The van der Waals surface area contributed by atoms with Crippen LogP contribution in [-0.2, 0) is 4.74 Å². The van der Waals surface area contributed by atoms with E-state index in [-0.39, 0.29) is 5.91 Å². The number of halogens is 1. The number of amides is 1. The molecule has 1 amide bonds. The average Bonchev–Trinajstić information content (AvgIpc) is 2.58. The van der Waals surface area contributed by atoms with Crippen LogP contribution in [0, 0.1) is 13.8 Å². The molecule has 0 saturated carbocycles. The molecule has 2 aromatic carbocycles. The minimum absolute atomic E-state index is 0.0798. The molecule has 0 atom stereocenters. The molecule has 0 aliphatic carbocycles. The summed E-state index contributed by atoms with van der Waals surface area (Å²) in [5, 5.41) is 3.08. The predicted octanol–water partition coefficient (Wildman–Crippen LogP) is 4.15. The Balaban J connectivity index is 1.90. The molecule has 1 saturated heterocycles. The maximum absolute atomic E-state index is 12.8. The molecular formula is C19H21BrN2O2. The smallest absolute Gasteiger partial charge is 0.255 e. The summed E-state index contributed by atoms with van der Waals surface area (Å²) in [5.74, 6) is -0.0798. The van der Waals surface area contributed by atoms with Crippen LogP contribution in [0.1, 0.15) is 21.5 Å². The lowest BCUT2D eigenvalue weighted by Crippen LogP contribution is -2.36. The molecule has 0 aromatic heterocycles. The molecule has 0 spiro atoms. The Morgan fingerprint density at radius 3 is 2.67 bits per heavy atom. The number of anilines is 2. The van der Waals surface area contributed by atoms with Crippen LogP contribution >= 0.6 is 15.9 Å². The van der Waals surface area contributed by atoms with Crippen LogP contribution in [0.2, 0.25) is 0 Å². The number of nitrogens with one attached hydrogen (secondary N) is 1. The van der Waals surface area contributed by atoms with Gasteiger partial charge in [0.1, 0.15) is 0 Å². The first-order chi connectivity index (χ1) is 11.6. The fraction of sp³-hybridized carbons (Fsp3) is 0.316. The zero-order chi connectivity index (χ0) is 17.1. The number of aryl methyl sites for hydroxylation is 1. The third-order valence-corrected chi connectivity index (χ3v) is 4.90. The Morgan fingerprint density at radius 2 is 1.92 bits per heavy atom. The van der Waals surface area contributed by atoms with Crippen molar-refractivity contribution in [3.05, 3.63) is 57.6 Å². The summed E-state index contributed by atoms with van der Waals surface area (Å²) in [7, 11) is 0. The second kappa shape index (κ2) is 7.36. The Kier molecular flexibility index (Phi) is 5.21. The molecule has 1 fully saturated rings. The maximum atomic E-state index is 12.8. The number of carbonyl (C=O) groups excluding carboxylic acids is 1. The van der Waals surface area contributed by atoms with Crippen LogP contribution in [0.4, 0.5) is 11.4 Å². The fourth-order valence-corrected chi connectivity index (χ4v) is 3.24. The van der Waals surface area contributed by atoms with Gasteiger partial charge in [0.05, 0.1) is 24.6 Å². The van der Waals surface area contributed by atoms with E-state index in [4.69, 9.17) is 4.74 Å². The normalized spacial score (nSPS) is 14.5. The summed E-state index contributed by atoms with van der Waals surface area (Å²) >= 11 is 3.50. The van der Waals surface area contributed by atoms with Crippen molar-refractivity contribution in [1.29, 1.82) is 0 Å². The Labute approximate surface area is 150 Å². The quantitative estimate of drug-likeness (QED) is 0.858. The van der Waals surface area contributed by atoms with E-state index in [9.17, 15) is 4.79 Å². The molecule has 5 heteroatoms. The molecule has 0 unspecified atom stereocenters. The summed E-state index contributed by atoms with van der Waals surface area (Å²) in [4.78, 5) is 15.0. The zero-order valence-electron chi connectivity index (χ0n) is 13.9. The van der Waals surface area contributed by atoms with Crippen molar-refractivity contribution in [3.63, 3.8) is 0 Å². The lowest BCUT2D eigenvalue weighted by molar-refractivity contribution is 0.102. The maximum Gasteiger partial charge on any atom is 0.255 e. The van der Waals surface area contributed by atoms with Crippen LogP contribution in [0.3, 0.4) is 0 Å². The number of nitrogens with zero attached hydrogens (tertiary/aromatic N) is 1. The van der Waals surface area contributed by atoms with Crippen molar-refractivity contribution in [2.45, 2.75) is 13.8 Å². The number of carbonyl (C=O) groups is 1. The summed E-state index contributed by atoms with van der Waals surface area (Å²) < 4.78 is 6.37. The molecule has 4 nitrogen and oxygen atoms in total. The highest BCUT2D eigenvalue weighted by Crippen LogP contribution is 2.30. The van der Waals surface area contributed by atoms with Gasteiger partial charge in [-0.2, -0.15) is 0 Å². The topological polar surface area (TPSA) is 41.6 Å². The largest absolute Gasteiger partial charge is 0.378 e. The van der Waals surface area contributed by atoms with Crippen LogP contribution in [0.25, 0.3) is 0 Å². The Hall–Kier alpha value is -1.85. The van der Waals surface area contributed by atoms with Crippen molar-refractivity contribution in [2.24, 2.45) is 0 Å². The molecule has 1 N–H and O–H groups in total. The SMILES string of the molecule is Cc1cccc(C(=O)Nc2cc(Br)ccc2N2CCOCC2)c1C. The van der Waals surface area contributed by atoms with Gasteiger partial charge < -0.3 is 15.0 Å². The standard InChI is InChI=1S/C19H21BrN2O2/c1-13-4-3-5-16(14(13)2)19(23)21-17-12-15(20)6-7-18(17)22-8-10-24-11-9-22/h3-7,12H,8-11H2,1-2H3,(H,21,23). The van der Waals surface area contributed by atoms with E-state index in [1.807, 2.05) is 50.2 Å². The van der Waals surface area contributed by atoms with E-state index in [0.717, 1.165) is 40.1 Å². The number of rotatable bonds is 3. The molecule has 1 aliphatic heterocycles. The van der Waals surface area contributed by atoms with Gasteiger partial charge in [-0.15, -0.1) is 0 Å². The summed E-state index contributed by atoms with van der Waals surface area (Å²) in [6.45, 7) is 7.07. The second-order valence-corrected chi connectivity index (χ2v) is 6.88. The van der Waals surface area contributed by atoms with Crippen molar-refractivity contribution < 1.29 is 9.53 Å². The molecule has 126 valence electrons. The highest BCUT2D eigenvalue weighted by atomic mass is 79.9. The average molecular weight is 389 g/mol. The van der Waals surface area contributed by atoms with Gasteiger partial charge in [0.25, 0.3) is 5.91 Å². The van der Waals surface area contributed by atoms with E-state index in [1.165, 1.54) is 0 Å². The Bertz CT molecular complexity index is 755. The third kappa shape index (κ3) is 3.62. The first-order valence-electron chi connectivity index (χ1n) is 8.06. The number of hydrogen-bond acceptors (Lipinski definition) is 3.